The van der Waals surface area contributed by atoms with Crippen LogP contribution in [0.1, 0.15) is 18.9 Å². The Balaban J connectivity index is 1.67. The molecule has 27 heavy (non-hydrogen) atoms. The maximum absolute atomic E-state index is 12.6. The van der Waals surface area contributed by atoms with E-state index in [2.05, 4.69) is 10.6 Å². The Morgan fingerprint density at radius 2 is 2.00 bits per heavy atom. The SMILES string of the molecule is Cc1cccc(NC(=O)CCS(=O)(=O)c2ccc3c(c2)NC(=O)[C@@H](C)S3)c1. The molecule has 0 saturated carbocycles. The van der Waals surface area contributed by atoms with Crippen LogP contribution < -0.4 is 10.6 Å². The average molecular weight is 405 g/mol. The Kier molecular flexibility index (Phi) is 5.57. The molecule has 1 heterocycles. The van der Waals surface area contributed by atoms with Gasteiger partial charge in [-0.3, -0.25) is 9.59 Å². The van der Waals surface area contributed by atoms with Crippen LogP contribution in [0.5, 0.6) is 0 Å². The number of aryl methyl sites for hydroxylation is 1. The molecule has 0 unspecified atom stereocenters. The summed E-state index contributed by atoms with van der Waals surface area (Å²) in [5.41, 5.74) is 2.14. The van der Waals surface area contributed by atoms with Gasteiger partial charge in [0.15, 0.2) is 9.84 Å². The van der Waals surface area contributed by atoms with Crippen molar-refractivity contribution in [2.45, 2.75) is 35.3 Å². The summed E-state index contributed by atoms with van der Waals surface area (Å²) in [5.74, 6) is -0.819. The molecule has 1 aliphatic rings. The van der Waals surface area contributed by atoms with E-state index < -0.39 is 9.84 Å². The maximum Gasteiger partial charge on any atom is 0.237 e. The van der Waals surface area contributed by atoms with Crippen molar-refractivity contribution < 1.29 is 18.0 Å². The molecule has 8 heteroatoms. The van der Waals surface area contributed by atoms with E-state index in [1.165, 1.54) is 23.9 Å². The van der Waals surface area contributed by atoms with Gasteiger partial charge < -0.3 is 10.6 Å². The first kappa shape index (κ1) is 19.4. The number of thioether (sulfide) groups is 1. The minimum atomic E-state index is -3.64. The Hall–Kier alpha value is -2.32. The molecule has 0 aromatic heterocycles. The van der Waals surface area contributed by atoms with Crippen molar-refractivity contribution in [3.8, 4) is 0 Å². The van der Waals surface area contributed by atoms with Crippen molar-refractivity contribution in [2.75, 3.05) is 16.4 Å². The molecule has 2 aromatic carbocycles. The lowest BCUT2D eigenvalue weighted by molar-refractivity contribution is -0.116. The van der Waals surface area contributed by atoms with E-state index in [4.69, 9.17) is 0 Å². The highest BCUT2D eigenvalue weighted by Gasteiger charge is 2.25. The summed E-state index contributed by atoms with van der Waals surface area (Å²) in [7, 11) is -3.64. The van der Waals surface area contributed by atoms with Gasteiger partial charge in [-0.2, -0.15) is 0 Å². The molecule has 6 nitrogen and oxygen atoms in total. The summed E-state index contributed by atoms with van der Waals surface area (Å²) < 4.78 is 25.2. The van der Waals surface area contributed by atoms with Crippen LogP contribution in [0.3, 0.4) is 0 Å². The first-order valence-electron chi connectivity index (χ1n) is 8.45. The van der Waals surface area contributed by atoms with E-state index in [0.29, 0.717) is 11.4 Å². The van der Waals surface area contributed by atoms with E-state index >= 15 is 0 Å². The normalized spacial score (nSPS) is 16.4. The average Bonchev–Trinajstić information content (AvgIpc) is 2.61. The predicted octanol–water partition coefficient (Wildman–Crippen LogP) is 3.23. The Morgan fingerprint density at radius 3 is 2.74 bits per heavy atom. The molecule has 3 rings (SSSR count). The highest BCUT2D eigenvalue weighted by Crippen LogP contribution is 2.36. The van der Waals surface area contributed by atoms with Gasteiger partial charge in [0.25, 0.3) is 0 Å². The van der Waals surface area contributed by atoms with E-state index in [9.17, 15) is 18.0 Å². The molecule has 0 bridgehead atoms. The number of carbonyl (C=O) groups excluding carboxylic acids is 2. The first-order valence-corrected chi connectivity index (χ1v) is 11.0. The standard InChI is InChI=1S/C19H20N2O4S2/c1-12-4-3-5-14(10-12)20-18(22)8-9-27(24,25)15-6-7-17-16(11-15)21-19(23)13(2)26-17/h3-7,10-11,13H,8-9H2,1-2H3,(H,20,22)(H,21,23)/t13-/m1/s1. The molecule has 2 amide bonds. The number of hydrogen-bond acceptors (Lipinski definition) is 5. The van der Waals surface area contributed by atoms with E-state index in [1.807, 2.05) is 25.1 Å². The van der Waals surface area contributed by atoms with Crippen molar-refractivity contribution >= 4 is 44.8 Å². The van der Waals surface area contributed by atoms with Gasteiger partial charge >= 0.3 is 0 Å². The molecule has 0 aliphatic carbocycles. The van der Waals surface area contributed by atoms with E-state index in [0.717, 1.165) is 10.5 Å². The van der Waals surface area contributed by atoms with Crippen LogP contribution in [0.2, 0.25) is 0 Å². The number of carbonyl (C=O) groups is 2. The van der Waals surface area contributed by atoms with Crippen LogP contribution >= 0.6 is 11.8 Å². The number of nitrogens with one attached hydrogen (secondary N) is 2. The lowest BCUT2D eigenvalue weighted by atomic mass is 10.2. The van der Waals surface area contributed by atoms with Gasteiger partial charge in [-0.25, -0.2) is 8.42 Å². The number of benzene rings is 2. The van der Waals surface area contributed by atoms with Crippen LogP contribution in [-0.2, 0) is 19.4 Å². The number of anilines is 2. The fraction of sp³-hybridized carbons (Fsp3) is 0.263. The molecule has 1 atom stereocenters. The fourth-order valence-electron chi connectivity index (χ4n) is 2.67. The molecule has 2 N–H and O–H groups in total. The van der Waals surface area contributed by atoms with Crippen molar-refractivity contribution in [3.05, 3.63) is 48.0 Å². The summed E-state index contributed by atoms with van der Waals surface area (Å²) in [6.45, 7) is 3.70. The zero-order valence-electron chi connectivity index (χ0n) is 15.0. The van der Waals surface area contributed by atoms with E-state index in [1.54, 1.807) is 19.1 Å². The number of rotatable bonds is 5. The number of fused-ring (bicyclic) bond motifs is 1. The summed E-state index contributed by atoms with van der Waals surface area (Å²) >= 11 is 1.39. The zero-order chi connectivity index (χ0) is 19.6. The van der Waals surface area contributed by atoms with E-state index in [-0.39, 0.29) is 34.1 Å². The number of hydrogen-bond donors (Lipinski definition) is 2. The molecule has 0 radical (unpaired) electrons. The van der Waals surface area contributed by atoms with Crippen LogP contribution in [0.25, 0.3) is 0 Å². The highest BCUT2D eigenvalue weighted by molar-refractivity contribution is 8.01. The monoisotopic (exact) mass is 404 g/mol. The highest BCUT2D eigenvalue weighted by atomic mass is 32.2. The summed E-state index contributed by atoms with van der Waals surface area (Å²) in [4.78, 5) is 24.8. The Labute approximate surface area is 162 Å². The first-order chi connectivity index (χ1) is 12.7. The smallest absolute Gasteiger partial charge is 0.237 e. The second kappa shape index (κ2) is 7.74. The molecule has 142 valence electrons. The lowest BCUT2D eigenvalue weighted by Gasteiger charge is -2.21. The van der Waals surface area contributed by atoms with Crippen molar-refractivity contribution in [1.29, 1.82) is 0 Å². The minimum absolute atomic E-state index is 0.0973. The summed E-state index contributed by atoms with van der Waals surface area (Å²) in [5, 5.41) is 5.21. The Bertz CT molecular complexity index is 1000. The second-order valence-electron chi connectivity index (χ2n) is 6.39. The third kappa shape index (κ3) is 4.70. The summed E-state index contributed by atoms with van der Waals surface area (Å²) in [6.07, 6.45) is -0.147. The molecule has 0 spiro atoms. The molecular formula is C19H20N2O4S2. The molecule has 0 saturated heterocycles. The topological polar surface area (TPSA) is 92.3 Å². The molecule has 2 aromatic rings. The number of sulfone groups is 1. The van der Waals surface area contributed by atoms with Gasteiger partial charge in [-0.05, 0) is 49.7 Å². The fourth-order valence-corrected chi connectivity index (χ4v) is 4.87. The van der Waals surface area contributed by atoms with Gasteiger partial charge in [0, 0.05) is 17.0 Å². The van der Waals surface area contributed by atoms with Crippen LogP contribution in [-0.4, -0.2) is 31.2 Å². The van der Waals surface area contributed by atoms with Crippen molar-refractivity contribution in [1.82, 2.24) is 0 Å². The molecule has 1 aliphatic heterocycles. The quantitative estimate of drug-likeness (QED) is 0.798. The van der Waals surface area contributed by atoms with Gasteiger partial charge in [0.05, 0.1) is 21.6 Å². The maximum atomic E-state index is 12.6. The van der Waals surface area contributed by atoms with Crippen LogP contribution in [0, 0.1) is 6.92 Å². The van der Waals surface area contributed by atoms with Gasteiger partial charge in [0.1, 0.15) is 0 Å². The van der Waals surface area contributed by atoms with Crippen LogP contribution in [0.4, 0.5) is 11.4 Å². The molecule has 0 fully saturated rings. The van der Waals surface area contributed by atoms with Crippen molar-refractivity contribution in [2.24, 2.45) is 0 Å². The Morgan fingerprint density at radius 1 is 1.22 bits per heavy atom. The van der Waals surface area contributed by atoms with Crippen molar-refractivity contribution in [3.63, 3.8) is 0 Å². The minimum Gasteiger partial charge on any atom is -0.326 e. The van der Waals surface area contributed by atoms with Gasteiger partial charge in [-0.15, -0.1) is 11.8 Å². The predicted molar refractivity (Wildman–Crippen MR) is 107 cm³/mol. The van der Waals surface area contributed by atoms with Crippen LogP contribution in [0.15, 0.2) is 52.3 Å². The molecular weight excluding hydrogens is 384 g/mol. The number of amides is 2. The van der Waals surface area contributed by atoms with Gasteiger partial charge in [0.2, 0.25) is 11.8 Å². The lowest BCUT2D eigenvalue weighted by Crippen LogP contribution is -2.26. The largest absolute Gasteiger partial charge is 0.326 e. The summed E-state index contributed by atoms with van der Waals surface area (Å²) in [6, 6.07) is 12.0. The zero-order valence-corrected chi connectivity index (χ0v) is 16.6. The third-order valence-electron chi connectivity index (χ3n) is 4.14. The van der Waals surface area contributed by atoms with Gasteiger partial charge in [-0.1, -0.05) is 12.1 Å². The second-order valence-corrected chi connectivity index (χ2v) is 9.89. The third-order valence-corrected chi connectivity index (χ3v) is 7.03.